The molecule has 0 aromatic heterocycles. The lowest BCUT2D eigenvalue weighted by Gasteiger charge is -2.22. The number of unbranched alkanes of at least 4 members (excludes halogenated alkanes) is 1. The summed E-state index contributed by atoms with van der Waals surface area (Å²) < 4.78 is 10.9. The summed E-state index contributed by atoms with van der Waals surface area (Å²) >= 11 is 0. The molecule has 2 rings (SSSR count). The fourth-order valence-electron chi connectivity index (χ4n) is 2.60. The van der Waals surface area contributed by atoms with Crippen molar-refractivity contribution in [1.29, 1.82) is 0 Å². The number of hydrogen-bond acceptors (Lipinski definition) is 3. The summed E-state index contributed by atoms with van der Waals surface area (Å²) in [7, 11) is 5.53. The van der Waals surface area contributed by atoms with Gasteiger partial charge in [0.2, 0.25) is 0 Å². The van der Waals surface area contributed by atoms with Crippen LogP contribution in [0.1, 0.15) is 18.4 Å². The molecule has 0 amide bonds. The molecule has 0 unspecified atom stereocenters. The zero-order valence-corrected chi connectivity index (χ0v) is 18.7. The largest absolute Gasteiger partial charge is 0.497 e. The van der Waals surface area contributed by atoms with Crippen molar-refractivity contribution < 1.29 is 9.47 Å². The fourth-order valence-corrected chi connectivity index (χ4v) is 2.60. The van der Waals surface area contributed by atoms with Gasteiger partial charge in [-0.1, -0.05) is 30.3 Å². The Labute approximate surface area is 179 Å². The van der Waals surface area contributed by atoms with Gasteiger partial charge in [-0.3, -0.25) is 4.99 Å². The summed E-state index contributed by atoms with van der Waals surface area (Å²) in [5.41, 5.74) is 1.22. The van der Waals surface area contributed by atoms with E-state index in [1.807, 2.05) is 56.6 Å². The quantitative estimate of drug-likeness (QED) is 0.252. The summed E-state index contributed by atoms with van der Waals surface area (Å²) in [4.78, 5) is 6.47. The lowest BCUT2D eigenvalue weighted by atomic mass is 10.2. The van der Waals surface area contributed by atoms with Gasteiger partial charge in [-0.2, -0.15) is 0 Å². The molecule has 27 heavy (non-hydrogen) atoms. The van der Waals surface area contributed by atoms with E-state index in [9.17, 15) is 0 Å². The number of guanidine groups is 1. The standard InChI is InChI=1S/C21H29N3O2.HI/c1-22-21(24(2)17-18-11-13-19(25-3)14-12-18)23-15-7-8-16-26-20-9-5-4-6-10-20;/h4-6,9-14H,7-8,15-17H2,1-3H3,(H,22,23);1H. The molecule has 0 fully saturated rings. The Bertz CT molecular complexity index is 663. The molecule has 6 heteroatoms. The zero-order chi connectivity index (χ0) is 18.6. The summed E-state index contributed by atoms with van der Waals surface area (Å²) in [6.07, 6.45) is 2.03. The second-order valence-corrected chi connectivity index (χ2v) is 6.05. The van der Waals surface area contributed by atoms with Crippen LogP contribution in [-0.2, 0) is 6.54 Å². The second kappa shape index (κ2) is 13.2. The summed E-state index contributed by atoms with van der Waals surface area (Å²) in [6.45, 7) is 2.39. The van der Waals surface area contributed by atoms with Crippen LogP contribution in [0.25, 0.3) is 0 Å². The Hall–Kier alpha value is -1.96. The van der Waals surface area contributed by atoms with Crippen LogP contribution in [0.2, 0.25) is 0 Å². The smallest absolute Gasteiger partial charge is 0.193 e. The van der Waals surface area contributed by atoms with Crippen molar-refractivity contribution in [3.05, 3.63) is 60.2 Å². The predicted molar refractivity (Wildman–Crippen MR) is 122 cm³/mol. The number of nitrogens with zero attached hydrogens (tertiary/aromatic N) is 2. The first kappa shape index (κ1) is 23.1. The van der Waals surface area contributed by atoms with Crippen LogP contribution in [0.15, 0.2) is 59.6 Å². The molecule has 0 aliphatic heterocycles. The SMILES string of the molecule is CN=C(NCCCCOc1ccccc1)N(C)Cc1ccc(OC)cc1.I. The van der Waals surface area contributed by atoms with Gasteiger partial charge < -0.3 is 19.7 Å². The number of aliphatic imine (C=N–C) groups is 1. The number of halogens is 1. The topological polar surface area (TPSA) is 46.1 Å². The Morgan fingerprint density at radius 3 is 2.33 bits per heavy atom. The number of para-hydroxylation sites is 1. The molecular weight excluding hydrogens is 453 g/mol. The fraction of sp³-hybridized carbons (Fsp3) is 0.381. The van der Waals surface area contributed by atoms with E-state index in [0.717, 1.165) is 50.0 Å². The molecule has 0 spiro atoms. The highest BCUT2D eigenvalue weighted by molar-refractivity contribution is 14.0. The first-order valence-corrected chi connectivity index (χ1v) is 8.95. The van der Waals surface area contributed by atoms with Gasteiger partial charge in [0, 0.05) is 27.2 Å². The lowest BCUT2D eigenvalue weighted by molar-refractivity contribution is 0.306. The molecule has 0 heterocycles. The molecule has 0 atom stereocenters. The molecule has 0 saturated carbocycles. The van der Waals surface area contributed by atoms with Crippen LogP contribution in [-0.4, -0.2) is 45.2 Å². The van der Waals surface area contributed by atoms with E-state index in [1.165, 1.54) is 5.56 Å². The number of hydrogen-bond donors (Lipinski definition) is 1. The minimum absolute atomic E-state index is 0. The molecule has 0 bridgehead atoms. The molecule has 5 nitrogen and oxygen atoms in total. The molecule has 0 radical (unpaired) electrons. The van der Waals surface area contributed by atoms with Crippen LogP contribution in [0.4, 0.5) is 0 Å². The highest BCUT2D eigenvalue weighted by Crippen LogP contribution is 2.12. The second-order valence-electron chi connectivity index (χ2n) is 6.05. The van der Waals surface area contributed by atoms with Gasteiger partial charge in [0.15, 0.2) is 5.96 Å². The van der Waals surface area contributed by atoms with E-state index < -0.39 is 0 Å². The normalized spacial score (nSPS) is 10.7. The summed E-state index contributed by atoms with van der Waals surface area (Å²) in [5, 5.41) is 3.41. The van der Waals surface area contributed by atoms with Crippen LogP contribution in [0, 0.1) is 0 Å². The number of benzene rings is 2. The molecule has 0 saturated heterocycles. The van der Waals surface area contributed by atoms with Gasteiger partial charge >= 0.3 is 0 Å². The van der Waals surface area contributed by atoms with Crippen LogP contribution in [0.5, 0.6) is 11.5 Å². The molecule has 148 valence electrons. The van der Waals surface area contributed by atoms with Gasteiger partial charge in [-0.25, -0.2) is 0 Å². The third-order valence-electron chi connectivity index (χ3n) is 4.02. The zero-order valence-electron chi connectivity index (χ0n) is 16.4. The highest BCUT2D eigenvalue weighted by atomic mass is 127. The van der Waals surface area contributed by atoms with Gasteiger partial charge in [0.1, 0.15) is 11.5 Å². The van der Waals surface area contributed by atoms with Crippen LogP contribution < -0.4 is 14.8 Å². The number of rotatable bonds is 9. The third kappa shape index (κ3) is 8.51. The highest BCUT2D eigenvalue weighted by Gasteiger charge is 2.06. The van der Waals surface area contributed by atoms with Crippen molar-refractivity contribution >= 4 is 29.9 Å². The first-order valence-electron chi connectivity index (χ1n) is 8.95. The molecule has 2 aromatic carbocycles. The van der Waals surface area contributed by atoms with E-state index in [1.54, 1.807) is 7.11 Å². The van der Waals surface area contributed by atoms with E-state index >= 15 is 0 Å². The van der Waals surface area contributed by atoms with Gasteiger partial charge in [0.05, 0.1) is 13.7 Å². The Morgan fingerprint density at radius 1 is 1.00 bits per heavy atom. The maximum absolute atomic E-state index is 5.71. The van der Waals surface area contributed by atoms with Crippen molar-refractivity contribution in [2.45, 2.75) is 19.4 Å². The Morgan fingerprint density at radius 2 is 1.70 bits per heavy atom. The predicted octanol–water partition coefficient (Wildman–Crippen LogP) is 4.18. The van der Waals surface area contributed by atoms with Gasteiger partial charge in [-0.15, -0.1) is 24.0 Å². The van der Waals surface area contributed by atoms with E-state index in [-0.39, 0.29) is 24.0 Å². The van der Waals surface area contributed by atoms with Crippen LogP contribution >= 0.6 is 24.0 Å². The Kier molecular flexibility index (Phi) is 11.3. The first-order chi connectivity index (χ1) is 12.7. The average Bonchev–Trinajstić information content (AvgIpc) is 2.68. The van der Waals surface area contributed by atoms with Gasteiger partial charge in [0.25, 0.3) is 0 Å². The number of ether oxygens (including phenoxy) is 2. The molecule has 2 aromatic rings. The summed E-state index contributed by atoms with van der Waals surface area (Å²) in [5.74, 6) is 2.69. The minimum Gasteiger partial charge on any atom is -0.497 e. The third-order valence-corrected chi connectivity index (χ3v) is 4.02. The monoisotopic (exact) mass is 483 g/mol. The molecule has 0 aliphatic rings. The van der Waals surface area contributed by atoms with E-state index in [4.69, 9.17) is 9.47 Å². The minimum atomic E-state index is 0. The number of methoxy groups -OCH3 is 1. The van der Waals surface area contributed by atoms with Gasteiger partial charge in [-0.05, 0) is 42.7 Å². The maximum Gasteiger partial charge on any atom is 0.193 e. The van der Waals surface area contributed by atoms with E-state index in [0.29, 0.717) is 0 Å². The van der Waals surface area contributed by atoms with Crippen molar-refractivity contribution in [1.82, 2.24) is 10.2 Å². The molecule has 1 N–H and O–H groups in total. The van der Waals surface area contributed by atoms with Crippen molar-refractivity contribution in [3.8, 4) is 11.5 Å². The van der Waals surface area contributed by atoms with E-state index in [2.05, 4.69) is 27.3 Å². The lowest BCUT2D eigenvalue weighted by Crippen LogP contribution is -2.38. The van der Waals surface area contributed by atoms with Crippen LogP contribution in [0.3, 0.4) is 0 Å². The van der Waals surface area contributed by atoms with Crippen molar-refractivity contribution in [3.63, 3.8) is 0 Å². The summed E-state index contributed by atoms with van der Waals surface area (Å²) in [6, 6.07) is 18.0. The van der Waals surface area contributed by atoms with Crippen molar-refractivity contribution in [2.24, 2.45) is 4.99 Å². The average molecular weight is 483 g/mol. The number of nitrogens with one attached hydrogen (secondary N) is 1. The maximum atomic E-state index is 5.71. The Balaban J connectivity index is 0.00000364. The molecular formula is C21H30IN3O2. The molecule has 0 aliphatic carbocycles. The van der Waals surface area contributed by atoms with Crippen molar-refractivity contribution in [2.75, 3.05) is 34.4 Å².